The Hall–Kier alpha value is -3.12. The summed E-state index contributed by atoms with van der Waals surface area (Å²) >= 11 is 0. The molecule has 0 bridgehead atoms. The molecule has 2 fully saturated rings. The third-order valence-electron chi connectivity index (χ3n) is 6.46. The number of amides is 2. The molecule has 1 saturated heterocycles. The second kappa shape index (κ2) is 13.1. The van der Waals surface area contributed by atoms with Gasteiger partial charge in [0.1, 0.15) is 0 Å². The summed E-state index contributed by atoms with van der Waals surface area (Å²) in [5, 5.41) is 2.89. The number of rotatable bonds is 10. The van der Waals surface area contributed by atoms with E-state index in [2.05, 4.69) is 15.0 Å². The van der Waals surface area contributed by atoms with Crippen molar-refractivity contribution in [2.45, 2.75) is 45.3 Å². The number of hydrogen-bond donors (Lipinski definition) is 2. The highest BCUT2D eigenvalue weighted by molar-refractivity contribution is 5.94. The Bertz CT molecular complexity index is 1100. The van der Waals surface area contributed by atoms with Gasteiger partial charge in [-0.3, -0.25) is 4.79 Å². The summed E-state index contributed by atoms with van der Waals surface area (Å²) in [4.78, 5) is 30.7. The number of carbonyl (C=O) groups excluding carboxylic acids is 2. The maximum Gasteiger partial charge on any atom is 0.409 e. The highest BCUT2D eigenvalue weighted by Crippen LogP contribution is 2.37. The van der Waals surface area contributed by atoms with Crippen molar-refractivity contribution in [1.82, 2.24) is 15.2 Å². The van der Waals surface area contributed by atoms with Gasteiger partial charge in [0.15, 0.2) is 23.0 Å². The van der Waals surface area contributed by atoms with Gasteiger partial charge in [0.05, 0.1) is 19.8 Å². The number of alkyl halides is 2. The maximum absolute atomic E-state index is 13.0. The lowest BCUT2D eigenvalue weighted by Gasteiger charge is -2.30. The molecule has 1 aromatic heterocycles. The van der Waals surface area contributed by atoms with Crippen LogP contribution in [-0.2, 0) is 4.74 Å². The lowest BCUT2D eigenvalue weighted by Crippen LogP contribution is -2.41. The minimum absolute atomic E-state index is 0. The molecule has 3 N–H and O–H groups in total. The molecule has 4 rings (SSSR count). The standard InChI is InChI=1S/C25H32F2N4O6.ClH/c1-14(28)21-20(22(32)29-12-15-7-9-31(10-8-15)25(33)34-2)30-23(37-21)17-5-6-18(36-24(26)27)19(11-17)35-13-16-3-4-16;/h5-6,11,14-16,24H,3-4,7-10,12-13,28H2,1-2H3,(H,29,32);1H. The molecule has 1 atom stereocenters. The van der Waals surface area contributed by atoms with Crippen LogP contribution in [0.1, 0.15) is 54.9 Å². The van der Waals surface area contributed by atoms with E-state index in [1.54, 1.807) is 11.8 Å². The Morgan fingerprint density at radius 3 is 2.50 bits per heavy atom. The van der Waals surface area contributed by atoms with Crippen LogP contribution in [0.2, 0.25) is 0 Å². The van der Waals surface area contributed by atoms with E-state index in [0.29, 0.717) is 37.7 Å². The molecular weight excluding hydrogens is 526 g/mol. The molecule has 38 heavy (non-hydrogen) atoms. The Morgan fingerprint density at radius 1 is 1.18 bits per heavy atom. The van der Waals surface area contributed by atoms with Crippen molar-refractivity contribution >= 4 is 24.4 Å². The molecule has 1 aliphatic heterocycles. The van der Waals surface area contributed by atoms with Gasteiger partial charge >= 0.3 is 12.7 Å². The number of hydrogen-bond acceptors (Lipinski definition) is 8. The zero-order valence-electron chi connectivity index (χ0n) is 21.3. The molecule has 2 aliphatic rings. The summed E-state index contributed by atoms with van der Waals surface area (Å²) in [6.45, 7) is 0.599. The van der Waals surface area contributed by atoms with Gasteiger partial charge in [0.2, 0.25) is 5.89 Å². The molecule has 1 aromatic carbocycles. The Kier molecular flexibility index (Phi) is 10.1. The van der Waals surface area contributed by atoms with Crippen LogP contribution in [0, 0.1) is 11.8 Å². The van der Waals surface area contributed by atoms with Gasteiger partial charge in [-0.1, -0.05) is 0 Å². The molecule has 1 saturated carbocycles. The predicted octanol–water partition coefficient (Wildman–Crippen LogP) is 4.38. The van der Waals surface area contributed by atoms with Crippen molar-refractivity contribution < 1.29 is 37.0 Å². The molecule has 1 unspecified atom stereocenters. The smallest absolute Gasteiger partial charge is 0.409 e. The van der Waals surface area contributed by atoms with Crippen LogP contribution in [0.15, 0.2) is 22.6 Å². The van der Waals surface area contributed by atoms with Gasteiger partial charge in [-0.15, -0.1) is 12.4 Å². The monoisotopic (exact) mass is 558 g/mol. The van der Waals surface area contributed by atoms with E-state index in [1.807, 2.05) is 0 Å². The number of benzene rings is 1. The second-order valence-corrected chi connectivity index (χ2v) is 9.43. The molecule has 10 nitrogen and oxygen atoms in total. The number of nitrogens with zero attached hydrogens (tertiary/aromatic N) is 2. The lowest BCUT2D eigenvalue weighted by atomic mass is 9.97. The number of nitrogens with two attached hydrogens (primary N) is 1. The van der Waals surface area contributed by atoms with Crippen molar-refractivity contribution in [2.24, 2.45) is 17.6 Å². The Balaban J connectivity index is 0.00000400. The second-order valence-electron chi connectivity index (χ2n) is 9.43. The average molecular weight is 559 g/mol. The molecular formula is C25H33ClF2N4O6. The van der Waals surface area contributed by atoms with Crippen LogP contribution in [0.3, 0.4) is 0 Å². The van der Waals surface area contributed by atoms with E-state index in [4.69, 9.17) is 19.6 Å². The summed E-state index contributed by atoms with van der Waals surface area (Å²) in [6.07, 6.45) is 3.18. The number of nitrogens with one attached hydrogen (secondary N) is 1. The first kappa shape index (κ1) is 29.4. The summed E-state index contributed by atoms with van der Waals surface area (Å²) in [6, 6.07) is 3.76. The minimum Gasteiger partial charge on any atom is -0.489 e. The van der Waals surface area contributed by atoms with Crippen LogP contribution in [-0.4, -0.2) is 61.8 Å². The fourth-order valence-electron chi connectivity index (χ4n) is 4.14. The average Bonchev–Trinajstić information content (AvgIpc) is 3.61. The molecule has 2 heterocycles. The number of methoxy groups -OCH3 is 1. The van der Waals surface area contributed by atoms with E-state index in [9.17, 15) is 18.4 Å². The van der Waals surface area contributed by atoms with Gasteiger partial charge in [0.25, 0.3) is 5.91 Å². The first-order valence-electron chi connectivity index (χ1n) is 12.3. The number of likely N-dealkylation sites (tertiary alicyclic amines) is 1. The lowest BCUT2D eigenvalue weighted by molar-refractivity contribution is -0.0515. The summed E-state index contributed by atoms with van der Waals surface area (Å²) in [5.41, 5.74) is 6.54. The highest BCUT2D eigenvalue weighted by Gasteiger charge is 2.28. The number of piperidine rings is 1. The van der Waals surface area contributed by atoms with E-state index in [1.165, 1.54) is 25.3 Å². The molecule has 13 heteroatoms. The van der Waals surface area contributed by atoms with Gasteiger partial charge in [0, 0.05) is 25.2 Å². The molecule has 1 aliphatic carbocycles. The zero-order chi connectivity index (χ0) is 26.5. The summed E-state index contributed by atoms with van der Waals surface area (Å²) in [7, 11) is 1.35. The van der Waals surface area contributed by atoms with E-state index in [-0.39, 0.29) is 53.3 Å². The molecule has 2 aromatic rings. The largest absolute Gasteiger partial charge is 0.489 e. The SMILES string of the molecule is COC(=O)N1CCC(CNC(=O)c2nc(-c3ccc(OC(F)F)c(OCC4CC4)c3)oc2C(C)N)CC1.Cl. The third-order valence-corrected chi connectivity index (χ3v) is 6.46. The van der Waals surface area contributed by atoms with Crippen molar-refractivity contribution in [3.63, 3.8) is 0 Å². The number of ether oxygens (including phenoxy) is 3. The van der Waals surface area contributed by atoms with Gasteiger partial charge in [-0.2, -0.15) is 8.78 Å². The quantitative estimate of drug-likeness (QED) is 0.439. The van der Waals surface area contributed by atoms with E-state index in [0.717, 1.165) is 25.7 Å². The minimum atomic E-state index is -3.00. The highest BCUT2D eigenvalue weighted by atomic mass is 35.5. The first-order chi connectivity index (χ1) is 17.7. The molecule has 0 spiro atoms. The summed E-state index contributed by atoms with van der Waals surface area (Å²) < 4.78 is 46.6. The topological polar surface area (TPSA) is 129 Å². The van der Waals surface area contributed by atoms with Crippen LogP contribution in [0.4, 0.5) is 13.6 Å². The predicted molar refractivity (Wildman–Crippen MR) is 136 cm³/mol. The van der Waals surface area contributed by atoms with Crippen LogP contribution < -0.4 is 20.5 Å². The Labute approximate surface area is 225 Å². The third kappa shape index (κ3) is 7.47. The summed E-state index contributed by atoms with van der Waals surface area (Å²) in [5.74, 6) is 0.552. The van der Waals surface area contributed by atoms with Crippen molar-refractivity contribution in [3.8, 4) is 23.0 Å². The van der Waals surface area contributed by atoms with Gasteiger partial charge in [-0.05, 0) is 62.6 Å². The van der Waals surface area contributed by atoms with E-state index >= 15 is 0 Å². The van der Waals surface area contributed by atoms with E-state index < -0.39 is 18.6 Å². The normalized spacial score (nSPS) is 16.5. The van der Waals surface area contributed by atoms with Crippen molar-refractivity contribution in [2.75, 3.05) is 33.4 Å². The van der Waals surface area contributed by atoms with Crippen LogP contribution >= 0.6 is 12.4 Å². The number of oxazole rings is 1. The van der Waals surface area contributed by atoms with Crippen molar-refractivity contribution in [3.05, 3.63) is 29.7 Å². The van der Waals surface area contributed by atoms with Crippen LogP contribution in [0.5, 0.6) is 11.5 Å². The molecule has 2 amide bonds. The maximum atomic E-state index is 13.0. The Morgan fingerprint density at radius 2 is 1.89 bits per heavy atom. The zero-order valence-corrected chi connectivity index (χ0v) is 22.1. The molecule has 0 radical (unpaired) electrons. The molecule has 210 valence electrons. The fraction of sp³-hybridized carbons (Fsp3) is 0.560. The first-order valence-corrected chi connectivity index (χ1v) is 12.3. The number of carbonyl (C=O) groups is 2. The van der Waals surface area contributed by atoms with Gasteiger partial charge < -0.3 is 34.6 Å². The number of aromatic nitrogens is 1. The van der Waals surface area contributed by atoms with Crippen LogP contribution in [0.25, 0.3) is 11.5 Å². The fourth-order valence-corrected chi connectivity index (χ4v) is 4.14. The number of halogens is 3. The van der Waals surface area contributed by atoms with Gasteiger partial charge in [-0.25, -0.2) is 9.78 Å². The van der Waals surface area contributed by atoms with Crippen molar-refractivity contribution in [1.29, 1.82) is 0 Å².